The third-order valence-corrected chi connectivity index (χ3v) is 7.48. The van der Waals surface area contributed by atoms with Gasteiger partial charge >= 0.3 is 12.1 Å². The fraction of sp³-hybridized carbons (Fsp3) is 0.500. The molecule has 4 rings (SSSR count). The van der Waals surface area contributed by atoms with Gasteiger partial charge in [0.1, 0.15) is 17.8 Å². The van der Waals surface area contributed by atoms with Crippen molar-refractivity contribution in [1.29, 1.82) is 0 Å². The van der Waals surface area contributed by atoms with Crippen LogP contribution in [0, 0.1) is 17.3 Å². The average molecular weight is 556 g/mol. The van der Waals surface area contributed by atoms with Gasteiger partial charge in [0, 0.05) is 23.7 Å². The zero-order valence-corrected chi connectivity index (χ0v) is 20.7. The van der Waals surface area contributed by atoms with E-state index in [1.165, 1.54) is 11.5 Å². The second-order valence-corrected chi connectivity index (χ2v) is 10.2. The first-order chi connectivity index (χ1) is 18.1. The van der Waals surface area contributed by atoms with Crippen LogP contribution in [0.25, 0.3) is 10.8 Å². The second kappa shape index (κ2) is 10.0. The van der Waals surface area contributed by atoms with Crippen molar-refractivity contribution in [3.05, 3.63) is 36.2 Å². The molecule has 1 aliphatic carbocycles. The van der Waals surface area contributed by atoms with Crippen LogP contribution in [0.4, 0.5) is 22.0 Å². The first-order valence-corrected chi connectivity index (χ1v) is 11.9. The molecule has 210 valence electrons. The van der Waals surface area contributed by atoms with E-state index in [1.54, 1.807) is 24.3 Å². The minimum Gasteiger partial charge on any atom is -0.368 e. The maximum atomic E-state index is 13.6. The number of piperidine rings is 1. The number of carbonyl (C=O) groups is 4. The molecule has 4 amide bonds. The Kier molecular flexibility index (Phi) is 7.21. The molecule has 39 heavy (non-hydrogen) atoms. The molecule has 0 bridgehead atoms. The monoisotopic (exact) mass is 556 g/mol. The number of nitrogens with two attached hydrogens (primary N) is 1. The number of primary amides is 1. The number of aromatic nitrogens is 2. The molecule has 1 aromatic heterocycles. The number of hydrogen-bond donors (Lipinski definition) is 3. The van der Waals surface area contributed by atoms with E-state index in [2.05, 4.69) is 15.5 Å². The standard InChI is InChI=1S/C24H25F5N6O4/c1-23(2)12-9-35(21(38)13(7-14(25)26)32-22(39)24(27,28)29)18(15(12)23)20(37)33-17(19(30)36)16-11-6-4-3-5-10(11)8-31-34-16/h3-6,8,12-15,17-18H,7,9H2,1-2H3,(H2,30,36)(H,32,39)(H,33,37)/t12-,13-,15-,17?,18-/m0/s1. The fourth-order valence-corrected chi connectivity index (χ4v) is 5.42. The number of benzene rings is 1. The van der Waals surface area contributed by atoms with Crippen LogP contribution in [0.1, 0.15) is 32.0 Å². The van der Waals surface area contributed by atoms with E-state index in [9.17, 15) is 41.1 Å². The van der Waals surface area contributed by atoms with Crippen molar-refractivity contribution in [1.82, 2.24) is 25.7 Å². The fourth-order valence-electron chi connectivity index (χ4n) is 5.42. The summed E-state index contributed by atoms with van der Waals surface area (Å²) < 4.78 is 64.8. The van der Waals surface area contributed by atoms with Crippen molar-refractivity contribution in [3.8, 4) is 0 Å². The lowest BCUT2D eigenvalue weighted by Gasteiger charge is -2.33. The largest absolute Gasteiger partial charge is 0.471 e. The third-order valence-electron chi connectivity index (χ3n) is 7.48. The molecular weight excluding hydrogens is 531 g/mol. The Morgan fingerprint density at radius 3 is 2.44 bits per heavy atom. The van der Waals surface area contributed by atoms with Gasteiger partial charge in [-0.05, 0) is 17.3 Å². The van der Waals surface area contributed by atoms with Crippen molar-refractivity contribution in [2.24, 2.45) is 23.0 Å². The summed E-state index contributed by atoms with van der Waals surface area (Å²) in [7, 11) is 0. The lowest BCUT2D eigenvalue weighted by molar-refractivity contribution is -0.175. The molecule has 15 heteroatoms. The zero-order chi connectivity index (χ0) is 28.9. The molecule has 10 nitrogen and oxygen atoms in total. The van der Waals surface area contributed by atoms with E-state index in [4.69, 9.17) is 5.73 Å². The number of alkyl halides is 5. The van der Waals surface area contributed by atoms with Crippen LogP contribution in [0.5, 0.6) is 0 Å². The number of hydrogen-bond acceptors (Lipinski definition) is 6. The summed E-state index contributed by atoms with van der Waals surface area (Å²) in [6.45, 7) is 3.51. The van der Waals surface area contributed by atoms with Gasteiger partial charge in [-0.25, -0.2) is 8.78 Å². The van der Waals surface area contributed by atoms with Gasteiger partial charge in [-0.3, -0.25) is 19.2 Å². The van der Waals surface area contributed by atoms with Crippen LogP contribution < -0.4 is 16.4 Å². The molecule has 1 aliphatic heterocycles. The normalized spacial score (nSPS) is 23.2. The number of rotatable bonds is 8. The SMILES string of the molecule is CC1(C)[C@@H]2[C@@H](C(=O)NC(C(N)=O)c3nncc4ccccc34)N(C(=O)[C@H](CC(F)F)NC(=O)C(F)(F)F)C[C@@H]21. The number of amides is 4. The molecule has 1 aromatic carbocycles. The van der Waals surface area contributed by atoms with Crippen molar-refractivity contribution < 1.29 is 41.1 Å². The smallest absolute Gasteiger partial charge is 0.368 e. The first kappa shape index (κ1) is 28.1. The Balaban J connectivity index is 1.63. The number of fused-ring (bicyclic) bond motifs is 2. The maximum absolute atomic E-state index is 13.6. The molecule has 2 aromatic rings. The summed E-state index contributed by atoms with van der Waals surface area (Å²) in [6, 6.07) is 1.66. The zero-order valence-electron chi connectivity index (χ0n) is 20.7. The first-order valence-electron chi connectivity index (χ1n) is 11.9. The van der Waals surface area contributed by atoms with Crippen LogP contribution >= 0.6 is 0 Å². The Hall–Kier alpha value is -3.91. The summed E-state index contributed by atoms with van der Waals surface area (Å²) in [4.78, 5) is 51.5. The summed E-state index contributed by atoms with van der Waals surface area (Å²) in [5.74, 6) is -6.46. The van der Waals surface area contributed by atoms with E-state index in [-0.39, 0.29) is 18.2 Å². The van der Waals surface area contributed by atoms with Gasteiger partial charge in [-0.1, -0.05) is 38.1 Å². The van der Waals surface area contributed by atoms with Crippen molar-refractivity contribution >= 4 is 34.4 Å². The third kappa shape index (κ3) is 5.34. The Morgan fingerprint density at radius 1 is 1.15 bits per heavy atom. The van der Waals surface area contributed by atoms with Gasteiger partial charge in [0.15, 0.2) is 6.04 Å². The van der Waals surface area contributed by atoms with Crippen LogP contribution in [0.15, 0.2) is 30.5 Å². The molecule has 2 fully saturated rings. The Bertz CT molecular complexity index is 1310. The average Bonchev–Trinajstić information content (AvgIpc) is 3.17. The highest BCUT2D eigenvalue weighted by atomic mass is 19.4. The minimum absolute atomic E-state index is 0.0319. The molecule has 1 unspecified atom stereocenters. The van der Waals surface area contributed by atoms with Gasteiger partial charge in [-0.15, -0.1) is 0 Å². The predicted octanol–water partition coefficient (Wildman–Crippen LogP) is 1.46. The van der Waals surface area contributed by atoms with E-state index in [0.717, 1.165) is 4.90 Å². The molecule has 4 N–H and O–H groups in total. The van der Waals surface area contributed by atoms with Gasteiger partial charge in [-0.2, -0.15) is 23.4 Å². The molecule has 5 atom stereocenters. The second-order valence-electron chi connectivity index (χ2n) is 10.2. The topological polar surface area (TPSA) is 147 Å². The number of nitrogens with zero attached hydrogens (tertiary/aromatic N) is 3. The molecule has 2 aliphatic rings. The molecule has 1 saturated heterocycles. The van der Waals surface area contributed by atoms with Crippen LogP contribution in [0.2, 0.25) is 0 Å². The lowest BCUT2D eigenvalue weighted by atomic mass is 9.98. The van der Waals surface area contributed by atoms with E-state index < -0.39 is 72.1 Å². The lowest BCUT2D eigenvalue weighted by Crippen LogP contribution is -2.58. The highest BCUT2D eigenvalue weighted by Crippen LogP contribution is 2.65. The van der Waals surface area contributed by atoms with Crippen molar-refractivity contribution in [2.75, 3.05) is 6.54 Å². The van der Waals surface area contributed by atoms with Gasteiger partial charge in [0.2, 0.25) is 24.1 Å². The summed E-state index contributed by atoms with van der Waals surface area (Å²) in [5.41, 5.74) is 5.13. The molecule has 1 saturated carbocycles. The van der Waals surface area contributed by atoms with Gasteiger partial charge in [0.25, 0.3) is 0 Å². The molecular formula is C24H25F5N6O4. The van der Waals surface area contributed by atoms with Crippen LogP contribution in [0.3, 0.4) is 0 Å². The summed E-state index contributed by atoms with van der Waals surface area (Å²) in [6.07, 6.45) is -8.59. The quantitative estimate of drug-likeness (QED) is 0.420. The number of carbonyl (C=O) groups excluding carboxylic acids is 4. The Morgan fingerprint density at radius 2 is 1.82 bits per heavy atom. The van der Waals surface area contributed by atoms with E-state index in [0.29, 0.717) is 10.8 Å². The molecule has 2 heterocycles. The molecule has 0 radical (unpaired) electrons. The van der Waals surface area contributed by atoms with Crippen molar-refractivity contribution in [2.45, 2.75) is 51.0 Å². The summed E-state index contributed by atoms with van der Waals surface area (Å²) in [5, 5.41) is 12.6. The highest BCUT2D eigenvalue weighted by Gasteiger charge is 2.69. The molecule has 0 spiro atoms. The van der Waals surface area contributed by atoms with Gasteiger partial charge < -0.3 is 21.3 Å². The highest BCUT2D eigenvalue weighted by molar-refractivity contribution is 5.97. The predicted molar refractivity (Wildman–Crippen MR) is 124 cm³/mol. The minimum atomic E-state index is -5.42. The number of nitrogens with one attached hydrogen (secondary N) is 2. The number of likely N-dealkylation sites (tertiary alicyclic amines) is 1. The number of halogens is 5. The Labute approximate surface area is 218 Å². The van der Waals surface area contributed by atoms with Gasteiger partial charge in [0.05, 0.1) is 6.20 Å². The van der Waals surface area contributed by atoms with E-state index >= 15 is 0 Å². The maximum Gasteiger partial charge on any atom is 0.471 e. The van der Waals surface area contributed by atoms with Crippen LogP contribution in [-0.4, -0.2) is 70.0 Å². The van der Waals surface area contributed by atoms with Crippen molar-refractivity contribution in [3.63, 3.8) is 0 Å². The van der Waals surface area contributed by atoms with E-state index in [1.807, 2.05) is 13.8 Å². The summed E-state index contributed by atoms with van der Waals surface area (Å²) >= 11 is 0. The van der Waals surface area contributed by atoms with Crippen LogP contribution in [-0.2, 0) is 19.2 Å².